The van der Waals surface area contributed by atoms with E-state index in [4.69, 9.17) is 0 Å². The number of hydrogen-bond acceptors (Lipinski definition) is 3. The molecule has 0 aliphatic carbocycles. The Morgan fingerprint density at radius 3 is 0.583 bits per heavy atom. The van der Waals surface area contributed by atoms with Crippen LogP contribution >= 0.6 is 0 Å². The predicted octanol–water partition coefficient (Wildman–Crippen LogP) is 19.0. The SMILES string of the molecule is CC1(C)c2ccccc2N(c2ccc(-c3cc(-c4ccc(N5c6ccccc6C(C)(C)c6ccccc65)cc4)cc(-c4ccc(N5c6ccccc6C(C)(C)c6ccccc65)cc4)c3)cc2)c2ccccc21. The van der Waals surface area contributed by atoms with Crippen molar-refractivity contribution in [3.63, 3.8) is 0 Å². The molecule has 0 aromatic heterocycles. The number of fused-ring (bicyclic) bond motifs is 6. The Balaban J connectivity index is 0.912. The molecule has 0 radical (unpaired) electrons. The van der Waals surface area contributed by atoms with Crippen molar-refractivity contribution in [1.29, 1.82) is 0 Å². The van der Waals surface area contributed by atoms with Crippen LogP contribution in [-0.4, -0.2) is 0 Å². The lowest BCUT2D eigenvalue weighted by Crippen LogP contribution is -2.30. The van der Waals surface area contributed by atoms with Crippen molar-refractivity contribution in [2.75, 3.05) is 14.7 Å². The van der Waals surface area contributed by atoms with Crippen LogP contribution in [0.3, 0.4) is 0 Å². The molecule has 10 aromatic carbocycles. The average molecular weight is 928 g/mol. The van der Waals surface area contributed by atoms with Gasteiger partial charge in [0, 0.05) is 33.3 Å². The van der Waals surface area contributed by atoms with Crippen LogP contribution < -0.4 is 14.7 Å². The van der Waals surface area contributed by atoms with E-state index < -0.39 is 0 Å². The lowest BCUT2D eigenvalue weighted by molar-refractivity contribution is 0.632. The number of anilines is 9. The van der Waals surface area contributed by atoms with E-state index in [1.807, 2.05) is 0 Å². The van der Waals surface area contributed by atoms with Crippen LogP contribution in [0.1, 0.15) is 74.9 Å². The highest BCUT2D eigenvalue weighted by Crippen LogP contribution is 2.55. The Morgan fingerprint density at radius 1 is 0.208 bits per heavy atom. The number of hydrogen-bond donors (Lipinski definition) is 0. The van der Waals surface area contributed by atoms with Crippen molar-refractivity contribution in [2.24, 2.45) is 0 Å². The van der Waals surface area contributed by atoms with Crippen LogP contribution in [0.15, 0.2) is 237 Å². The fourth-order valence-electron chi connectivity index (χ4n) is 12.4. The first-order valence-electron chi connectivity index (χ1n) is 25.4. The first-order valence-corrected chi connectivity index (χ1v) is 25.4. The van der Waals surface area contributed by atoms with Gasteiger partial charge in [0.1, 0.15) is 0 Å². The smallest absolute Gasteiger partial charge is 0.0502 e. The third-order valence-corrected chi connectivity index (χ3v) is 16.2. The zero-order chi connectivity index (χ0) is 48.9. The Labute approximate surface area is 424 Å². The maximum atomic E-state index is 2.44. The normalized spacial score (nSPS) is 15.3. The monoisotopic (exact) mass is 927 g/mol. The summed E-state index contributed by atoms with van der Waals surface area (Å²) in [6.07, 6.45) is 0. The molecule has 0 amide bonds. The molecule has 3 heteroatoms. The van der Waals surface area contributed by atoms with Crippen molar-refractivity contribution < 1.29 is 0 Å². The summed E-state index contributed by atoms with van der Waals surface area (Å²) in [6, 6.07) is 87.9. The Kier molecular flexibility index (Phi) is 9.89. The van der Waals surface area contributed by atoms with Gasteiger partial charge in [-0.3, -0.25) is 0 Å². The van der Waals surface area contributed by atoms with Crippen molar-refractivity contribution >= 4 is 51.2 Å². The third-order valence-electron chi connectivity index (χ3n) is 16.2. The van der Waals surface area contributed by atoms with Gasteiger partial charge in [0.25, 0.3) is 0 Å². The van der Waals surface area contributed by atoms with Gasteiger partial charge in [-0.25, -0.2) is 0 Å². The summed E-state index contributed by atoms with van der Waals surface area (Å²) in [6.45, 7) is 14.1. The summed E-state index contributed by atoms with van der Waals surface area (Å²) in [5.41, 5.74) is 25.5. The van der Waals surface area contributed by atoms with Gasteiger partial charge in [-0.1, -0.05) is 187 Å². The molecule has 13 rings (SSSR count). The molecule has 0 atom stereocenters. The highest BCUT2D eigenvalue weighted by molar-refractivity contribution is 5.91. The summed E-state index contributed by atoms with van der Waals surface area (Å²) in [5.74, 6) is 0. The van der Waals surface area contributed by atoms with Crippen LogP contribution in [0.25, 0.3) is 33.4 Å². The Hall–Kier alpha value is -8.40. The van der Waals surface area contributed by atoms with Gasteiger partial charge in [0.2, 0.25) is 0 Å². The molecule has 0 saturated carbocycles. The number of para-hydroxylation sites is 6. The molecular formula is C69H57N3. The molecule has 10 aromatic rings. The highest BCUT2D eigenvalue weighted by atomic mass is 15.2. The lowest BCUT2D eigenvalue weighted by atomic mass is 9.73. The fraction of sp³-hybridized carbons (Fsp3) is 0.130. The van der Waals surface area contributed by atoms with E-state index in [0.29, 0.717) is 0 Å². The van der Waals surface area contributed by atoms with Gasteiger partial charge >= 0.3 is 0 Å². The minimum atomic E-state index is -0.115. The summed E-state index contributed by atoms with van der Waals surface area (Å²) in [4.78, 5) is 7.31. The zero-order valence-corrected chi connectivity index (χ0v) is 41.9. The Morgan fingerprint density at radius 2 is 0.389 bits per heavy atom. The predicted molar refractivity (Wildman–Crippen MR) is 303 cm³/mol. The molecule has 0 unspecified atom stereocenters. The van der Waals surface area contributed by atoms with Crippen LogP contribution in [-0.2, 0) is 16.2 Å². The second-order valence-electron chi connectivity index (χ2n) is 21.4. The highest BCUT2D eigenvalue weighted by Gasteiger charge is 2.39. The van der Waals surface area contributed by atoms with Gasteiger partial charge in [-0.2, -0.15) is 0 Å². The van der Waals surface area contributed by atoms with Gasteiger partial charge in [-0.05, 0) is 158 Å². The van der Waals surface area contributed by atoms with Crippen molar-refractivity contribution in [3.05, 3.63) is 270 Å². The first-order chi connectivity index (χ1) is 35.0. The van der Waals surface area contributed by atoms with Crippen LogP contribution in [0.2, 0.25) is 0 Å². The Bertz CT molecular complexity index is 3180. The molecule has 3 nitrogen and oxygen atoms in total. The number of nitrogens with zero attached hydrogens (tertiary/aromatic N) is 3. The van der Waals surface area contributed by atoms with Crippen molar-refractivity contribution in [2.45, 2.75) is 57.8 Å². The van der Waals surface area contributed by atoms with Crippen molar-refractivity contribution in [3.8, 4) is 33.4 Å². The van der Waals surface area contributed by atoms with E-state index in [1.54, 1.807) is 0 Å². The lowest BCUT2D eigenvalue weighted by Gasteiger charge is -2.42. The molecule has 348 valence electrons. The van der Waals surface area contributed by atoms with Gasteiger partial charge < -0.3 is 14.7 Å². The average Bonchev–Trinajstić information content (AvgIpc) is 3.42. The van der Waals surface area contributed by atoms with Gasteiger partial charge in [0.15, 0.2) is 0 Å². The van der Waals surface area contributed by atoms with Crippen LogP contribution in [0.4, 0.5) is 51.2 Å². The van der Waals surface area contributed by atoms with Crippen LogP contribution in [0, 0.1) is 0 Å². The van der Waals surface area contributed by atoms with E-state index in [9.17, 15) is 0 Å². The largest absolute Gasteiger partial charge is 0.310 e. The molecule has 72 heavy (non-hydrogen) atoms. The van der Waals surface area contributed by atoms with Crippen LogP contribution in [0.5, 0.6) is 0 Å². The summed E-state index contributed by atoms with van der Waals surface area (Å²) < 4.78 is 0. The first kappa shape index (κ1) is 43.6. The quantitative estimate of drug-likeness (QED) is 0.165. The molecule has 0 bridgehead atoms. The zero-order valence-electron chi connectivity index (χ0n) is 41.9. The molecule has 0 spiro atoms. The molecule has 0 saturated heterocycles. The molecule has 0 fully saturated rings. The van der Waals surface area contributed by atoms with Gasteiger partial charge in [-0.15, -0.1) is 0 Å². The fourth-order valence-corrected chi connectivity index (χ4v) is 12.4. The van der Waals surface area contributed by atoms with E-state index in [2.05, 4.69) is 293 Å². The molecule has 3 aliphatic rings. The summed E-state index contributed by atoms with van der Waals surface area (Å²) >= 11 is 0. The van der Waals surface area contributed by atoms with E-state index in [-0.39, 0.29) is 16.2 Å². The molecular weight excluding hydrogens is 871 g/mol. The molecule has 3 heterocycles. The molecule has 0 N–H and O–H groups in total. The van der Waals surface area contributed by atoms with E-state index >= 15 is 0 Å². The minimum absolute atomic E-state index is 0.115. The molecule has 3 aliphatic heterocycles. The summed E-state index contributed by atoms with van der Waals surface area (Å²) in [7, 11) is 0. The van der Waals surface area contributed by atoms with Crippen molar-refractivity contribution in [1.82, 2.24) is 0 Å². The third kappa shape index (κ3) is 6.71. The number of benzene rings is 10. The second-order valence-corrected chi connectivity index (χ2v) is 21.4. The van der Waals surface area contributed by atoms with E-state index in [0.717, 1.165) is 17.1 Å². The maximum absolute atomic E-state index is 2.44. The van der Waals surface area contributed by atoms with Gasteiger partial charge in [0.05, 0.1) is 34.1 Å². The summed E-state index contributed by atoms with van der Waals surface area (Å²) in [5, 5.41) is 0. The number of rotatable bonds is 6. The minimum Gasteiger partial charge on any atom is -0.310 e. The maximum Gasteiger partial charge on any atom is 0.0502 e. The second kappa shape index (κ2) is 16.3. The topological polar surface area (TPSA) is 9.72 Å². The standard InChI is InChI=1S/C69H57N3/c1-67(2)55-19-7-13-25-61(55)70(62-26-14-8-20-56(62)67)52-37-31-46(32-38-52)49-43-50(47-33-39-53(40-34-47)71-63-27-15-9-21-57(63)68(3,4)58-22-10-16-28-64(58)71)45-51(44-49)48-35-41-54(42-36-48)72-65-29-17-11-23-59(65)69(5,6)60-24-12-18-30-66(60)72/h7-45H,1-6H3. The van der Waals surface area contributed by atoms with E-state index in [1.165, 1.54) is 101 Å².